The van der Waals surface area contributed by atoms with Gasteiger partial charge in [-0.25, -0.2) is 4.90 Å². The van der Waals surface area contributed by atoms with Crippen LogP contribution in [0.2, 0.25) is 0 Å². The van der Waals surface area contributed by atoms with Crippen LogP contribution in [-0.4, -0.2) is 38.8 Å². The van der Waals surface area contributed by atoms with Gasteiger partial charge in [-0.3, -0.25) is 14.6 Å². The Morgan fingerprint density at radius 2 is 1.96 bits per heavy atom. The second kappa shape index (κ2) is 6.97. The molecule has 7 heteroatoms. The van der Waals surface area contributed by atoms with Gasteiger partial charge in [-0.2, -0.15) is 5.10 Å². The van der Waals surface area contributed by atoms with Gasteiger partial charge in [0.25, 0.3) is 5.91 Å². The Balaban J connectivity index is 1.81. The number of imide groups is 1. The van der Waals surface area contributed by atoms with Gasteiger partial charge < -0.3 is 0 Å². The fraction of sp³-hybridized carbons (Fsp3) is 0.0625. The second-order valence-electron chi connectivity index (χ2n) is 4.57. The molecule has 1 aromatic carbocycles. The van der Waals surface area contributed by atoms with E-state index in [0.29, 0.717) is 11.3 Å². The Morgan fingerprint density at radius 3 is 2.70 bits per heavy atom. The third-order valence-corrected chi connectivity index (χ3v) is 3.92. The van der Waals surface area contributed by atoms with Crippen molar-refractivity contribution in [2.75, 3.05) is 5.75 Å². The maximum absolute atomic E-state index is 12.4. The second-order valence-corrected chi connectivity index (χ2v) is 5.51. The van der Waals surface area contributed by atoms with Crippen LogP contribution in [0.1, 0.15) is 16.1 Å². The van der Waals surface area contributed by atoms with Crippen LogP contribution in [0.3, 0.4) is 0 Å². The van der Waals surface area contributed by atoms with Crippen LogP contribution < -0.4 is 0 Å². The SMILES string of the molecule is O=C1CS/C(=N/N=C\c2ccccn2)N1C(=O)c1ccccc1. The summed E-state index contributed by atoms with van der Waals surface area (Å²) < 4.78 is 0. The maximum Gasteiger partial charge on any atom is 0.266 e. The van der Waals surface area contributed by atoms with E-state index in [1.165, 1.54) is 18.0 Å². The number of hydrogen-bond acceptors (Lipinski definition) is 6. The Hall–Kier alpha value is -2.80. The normalized spacial score (nSPS) is 16.4. The smallest absolute Gasteiger partial charge is 0.266 e. The lowest BCUT2D eigenvalue weighted by Crippen LogP contribution is -2.35. The minimum Gasteiger partial charge on any atom is -0.273 e. The summed E-state index contributed by atoms with van der Waals surface area (Å²) in [5, 5.41) is 8.18. The molecule has 0 radical (unpaired) electrons. The first-order valence-electron chi connectivity index (χ1n) is 6.83. The first kappa shape index (κ1) is 15.1. The molecule has 0 aliphatic carbocycles. The van der Waals surface area contributed by atoms with Crippen LogP contribution in [-0.2, 0) is 4.79 Å². The molecule has 0 unspecified atom stereocenters. The molecule has 0 atom stereocenters. The predicted octanol–water partition coefficient (Wildman–Crippen LogP) is 2.19. The Bertz CT molecular complexity index is 775. The molecule has 3 rings (SSSR count). The third kappa shape index (κ3) is 3.51. The van der Waals surface area contributed by atoms with Gasteiger partial charge in [-0.05, 0) is 24.3 Å². The molecule has 1 aliphatic heterocycles. The molecule has 114 valence electrons. The molecule has 0 bridgehead atoms. The summed E-state index contributed by atoms with van der Waals surface area (Å²) in [4.78, 5) is 29.6. The van der Waals surface area contributed by atoms with Gasteiger partial charge in [0.15, 0.2) is 5.17 Å². The Morgan fingerprint density at radius 1 is 1.17 bits per heavy atom. The number of aromatic nitrogens is 1. The van der Waals surface area contributed by atoms with E-state index in [0.717, 1.165) is 4.90 Å². The third-order valence-electron chi connectivity index (χ3n) is 3.01. The fourth-order valence-corrected chi connectivity index (χ4v) is 2.74. The van der Waals surface area contributed by atoms with Gasteiger partial charge in [0.2, 0.25) is 5.91 Å². The van der Waals surface area contributed by atoms with Gasteiger partial charge in [-0.15, -0.1) is 5.10 Å². The molecule has 2 amide bonds. The van der Waals surface area contributed by atoms with Gasteiger partial charge >= 0.3 is 0 Å². The van der Waals surface area contributed by atoms with Gasteiger partial charge in [0.1, 0.15) is 0 Å². The van der Waals surface area contributed by atoms with Crippen LogP contribution >= 0.6 is 11.8 Å². The van der Waals surface area contributed by atoms with Crippen LogP contribution in [0.15, 0.2) is 64.9 Å². The molecule has 1 fully saturated rings. The number of hydrogen-bond donors (Lipinski definition) is 0. The highest BCUT2D eigenvalue weighted by atomic mass is 32.2. The first-order chi connectivity index (χ1) is 11.3. The van der Waals surface area contributed by atoms with Crippen LogP contribution in [0.25, 0.3) is 0 Å². The molecule has 6 nitrogen and oxygen atoms in total. The van der Waals surface area contributed by atoms with E-state index in [2.05, 4.69) is 15.2 Å². The molecule has 2 heterocycles. The summed E-state index contributed by atoms with van der Waals surface area (Å²) >= 11 is 1.19. The van der Waals surface area contributed by atoms with Crippen molar-refractivity contribution in [3.05, 3.63) is 66.0 Å². The number of amides is 2. The van der Waals surface area contributed by atoms with E-state index in [1.807, 2.05) is 12.1 Å². The zero-order chi connectivity index (χ0) is 16.1. The molecular formula is C16H12N4O2S. The van der Waals surface area contributed by atoms with Crippen LogP contribution in [0.5, 0.6) is 0 Å². The van der Waals surface area contributed by atoms with Gasteiger partial charge in [-0.1, -0.05) is 36.0 Å². The van der Waals surface area contributed by atoms with Crippen LogP contribution in [0.4, 0.5) is 0 Å². The first-order valence-corrected chi connectivity index (χ1v) is 7.81. The Labute approximate surface area is 136 Å². The van der Waals surface area contributed by atoms with E-state index in [1.54, 1.807) is 42.6 Å². The number of thioether (sulfide) groups is 1. The Kier molecular flexibility index (Phi) is 4.58. The van der Waals surface area contributed by atoms with E-state index in [-0.39, 0.29) is 16.8 Å². The molecule has 23 heavy (non-hydrogen) atoms. The summed E-state index contributed by atoms with van der Waals surface area (Å²) in [6, 6.07) is 14.0. The molecule has 1 aliphatic rings. The average molecular weight is 324 g/mol. The molecule has 0 N–H and O–H groups in total. The molecular weight excluding hydrogens is 312 g/mol. The van der Waals surface area contributed by atoms with E-state index in [4.69, 9.17) is 0 Å². The lowest BCUT2D eigenvalue weighted by Gasteiger charge is -2.12. The van der Waals surface area contributed by atoms with Crippen molar-refractivity contribution in [3.8, 4) is 0 Å². The monoisotopic (exact) mass is 324 g/mol. The minimum absolute atomic E-state index is 0.177. The molecule has 0 spiro atoms. The number of rotatable bonds is 3. The van der Waals surface area contributed by atoms with Crippen molar-refractivity contribution in [2.24, 2.45) is 10.2 Å². The van der Waals surface area contributed by atoms with E-state index < -0.39 is 5.91 Å². The summed E-state index contributed by atoms with van der Waals surface area (Å²) in [6.45, 7) is 0. The van der Waals surface area contributed by atoms with E-state index in [9.17, 15) is 9.59 Å². The molecule has 2 aromatic rings. The van der Waals surface area contributed by atoms with Crippen molar-refractivity contribution in [1.82, 2.24) is 9.88 Å². The predicted molar refractivity (Wildman–Crippen MR) is 89.3 cm³/mol. The summed E-state index contributed by atoms with van der Waals surface area (Å²) in [5.41, 5.74) is 1.08. The van der Waals surface area contributed by atoms with E-state index >= 15 is 0 Å². The standard InChI is InChI=1S/C16H12N4O2S/c21-14-11-23-16(19-18-10-13-8-4-5-9-17-13)20(14)15(22)12-6-2-1-3-7-12/h1-10H,11H2/b18-10-,19-16+. The van der Waals surface area contributed by atoms with Crippen LogP contribution in [0, 0.1) is 0 Å². The molecule has 1 saturated heterocycles. The van der Waals surface area contributed by atoms with Crippen molar-refractivity contribution in [3.63, 3.8) is 0 Å². The summed E-state index contributed by atoms with van der Waals surface area (Å²) in [5.74, 6) is -0.515. The lowest BCUT2D eigenvalue weighted by atomic mass is 10.2. The number of carbonyl (C=O) groups is 2. The number of nitrogens with zero attached hydrogens (tertiary/aromatic N) is 4. The number of pyridine rings is 1. The highest BCUT2D eigenvalue weighted by Gasteiger charge is 2.34. The zero-order valence-electron chi connectivity index (χ0n) is 12.0. The highest BCUT2D eigenvalue weighted by Crippen LogP contribution is 2.22. The summed E-state index contributed by atoms with van der Waals surface area (Å²) in [6.07, 6.45) is 3.12. The van der Waals surface area contributed by atoms with Crippen molar-refractivity contribution >= 4 is 35.0 Å². The molecule has 0 saturated carbocycles. The summed E-state index contributed by atoms with van der Waals surface area (Å²) in [7, 11) is 0. The fourth-order valence-electron chi connectivity index (χ4n) is 1.94. The highest BCUT2D eigenvalue weighted by molar-refractivity contribution is 8.15. The zero-order valence-corrected chi connectivity index (χ0v) is 12.8. The number of benzene rings is 1. The molecule has 1 aromatic heterocycles. The average Bonchev–Trinajstić information content (AvgIpc) is 2.97. The van der Waals surface area contributed by atoms with Gasteiger partial charge in [0, 0.05) is 11.8 Å². The topological polar surface area (TPSA) is 75.0 Å². The lowest BCUT2D eigenvalue weighted by molar-refractivity contribution is -0.122. The van der Waals surface area contributed by atoms with Crippen molar-refractivity contribution in [2.45, 2.75) is 0 Å². The van der Waals surface area contributed by atoms with Crippen molar-refractivity contribution < 1.29 is 9.59 Å². The van der Waals surface area contributed by atoms with Crippen molar-refractivity contribution in [1.29, 1.82) is 0 Å². The maximum atomic E-state index is 12.4. The minimum atomic E-state index is -0.396. The quantitative estimate of drug-likeness (QED) is 0.493. The number of amidine groups is 1. The largest absolute Gasteiger partial charge is 0.273 e. The van der Waals surface area contributed by atoms with Gasteiger partial charge in [0.05, 0.1) is 17.7 Å². The number of carbonyl (C=O) groups excluding carboxylic acids is 2.